The summed E-state index contributed by atoms with van der Waals surface area (Å²) in [5, 5.41) is 11.4. The van der Waals surface area contributed by atoms with Crippen LogP contribution >= 0.6 is 0 Å². The van der Waals surface area contributed by atoms with Gasteiger partial charge in [-0.25, -0.2) is 0 Å². The van der Waals surface area contributed by atoms with Gasteiger partial charge in [-0.3, -0.25) is 0 Å². The van der Waals surface area contributed by atoms with E-state index < -0.39 is 0 Å². The molecule has 4 rings (SSSR count). The molecule has 0 spiro atoms. The lowest BCUT2D eigenvalue weighted by Crippen LogP contribution is -2.33. The predicted octanol–water partition coefficient (Wildman–Crippen LogP) is 2.45. The maximum Gasteiger partial charge on any atom is 0.244 e. The van der Waals surface area contributed by atoms with Crippen molar-refractivity contribution in [1.29, 1.82) is 0 Å². The molecule has 7 heteroatoms. The van der Waals surface area contributed by atoms with Gasteiger partial charge in [0, 0.05) is 19.6 Å². The molecule has 3 heterocycles. The van der Waals surface area contributed by atoms with Gasteiger partial charge < -0.3 is 19.7 Å². The smallest absolute Gasteiger partial charge is 0.244 e. The van der Waals surface area contributed by atoms with Crippen LogP contribution in [0.1, 0.15) is 25.3 Å². The standard InChI is InChI=1S/C17H21N5O2/c1-12-4-6-22(7-5-12)16-10-19-21-17(20-16)18-9-13-2-3-14-15(8-13)24-11-23-14/h2-3,8,10,12H,4-7,9,11H2,1H3,(H,18,20,21). The topological polar surface area (TPSA) is 72.4 Å². The third-order valence-electron chi connectivity index (χ3n) is 4.54. The molecule has 24 heavy (non-hydrogen) atoms. The molecular formula is C17H21N5O2. The quantitative estimate of drug-likeness (QED) is 0.924. The molecule has 0 atom stereocenters. The summed E-state index contributed by atoms with van der Waals surface area (Å²) in [6.07, 6.45) is 4.13. The van der Waals surface area contributed by atoms with E-state index in [1.807, 2.05) is 18.2 Å². The van der Waals surface area contributed by atoms with E-state index in [-0.39, 0.29) is 6.79 Å². The van der Waals surface area contributed by atoms with Crippen LogP contribution in [0.4, 0.5) is 11.8 Å². The van der Waals surface area contributed by atoms with Crippen molar-refractivity contribution < 1.29 is 9.47 Å². The minimum absolute atomic E-state index is 0.287. The molecule has 1 aromatic carbocycles. The van der Waals surface area contributed by atoms with Crippen molar-refractivity contribution in [2.45, 2.75) is 26.3 Å². The molecule has 126 valence electrons. The summed E-state index contributed by atoms with van der Waals surface area (Å²) in [7, 11) is 0. The van der Waals surface area contributed by atoms with E-state index in [9.17, 15) is 0 Å². The summed E-state index contributed by atoms with van der Waals surface area (Å²) >= 11 is 0. The van der Waals surface area contributed by atoms with Crippen molar-refractivity contribution >= 4 is 11.8 Å². The second-order valence-electron chi connectivity index (χ2n) is 6.35. The van der Waals surface area contributed by atoms with Crippen molar-refractivity contribution in [3.05, 3.63) is 30.0 Å². The molecule has 2 aliphatic rings. The number of hydrogen-bond donors (Lipinski definition) is 1. The maximum absolute atomic E-state index is 5.40. The fraction of sp³-hybridized carbons (Fsp3) is 0.471. The molecule has 0 radical (unpaired) electrons. The van der Waals surface area contributed by atoms with Crippen LogP contribution in [0, 0.1) is 5.92 Å². The lowest BCUT2D eigenvalue weighted by atomic mass is 9.99. The highest BCUT2D eigenvalue weighted by molar-refractivity contribution is 5.46. The Labute approximate surface area is 141 Å². The van der Waals surface area contributed by atoms with Gasteiger partial charge in [0.1, 0.15) is 0 Å². The number of fused-ring (bicyclic) bond motifs is 1. The second-order valence-corrected chi connectivity index (χ2v) is 6.35. The molecule has 7 nitrogen and oxygen atoms in total. The minimum atomic E-state index is 0.287. The van der Waals surface area contributed by atoms with Crippen molar-refractivity contribution in [2.75, 3.05) is 30.1 Å². The molecular weight excluding hydrogens is 306 g/mol. The van der Waals surface area contributed by atoms with Crippen molar-refractivity contribution in [3.8, 4) is 11.5 Å². The Hall–Kier alpha value is -2.57. The Bertz CT molecular complexity index is 716. The summed E-state index contributed by atoms with van der Waals surface area (Å²) in [4.78, 5) is 6.87. The molecule has 1 saturated heterocycles. The molecule has 1 aromatic heterocycles. The molecule has 0 amide bonds. The first-order valence-corrected chi connectivity index (χ1v) is 8.35. The molecule has 2 aliphatic heterocycles. The van der Waals surface area contributed by atoms with Gasteiger partial charge in [0.2, 0.25) is 12.7 Å². The Morgan fingerprint density at radius 1 is 1.21 bits per heavy atom. The molecule has 0 saturated carbocycles. The number of anilines is 2. The van der Waals surface area contributed by atoms with Crippen LogP contribution in [-0.4, -0.2) is 35.1 Å². The van der Waals surface area contributed by atoms with Gasteiger partial charge in [-0.1, -0.05) is 13.0 Å². The first-order valence-electron chi connectivity index (χ1n) is 8.35. The van der Waals surface area contributed by atoms with Crippen LogP contribution in [0.5, 0.6) is 11.5 Å². The predicted molar refractivity (Wildman–Crippen MR) is 90.3 cm³/mol. The third-order valence-corrected chi connectivity index (χ3v) is 4.54. The van der Waals surface area contributed by atoms with Gasteiger partial charge in [0.15, 0.2) is 17.3 Å². The fourth-order valence-corrected chi connectivity index (χ4v) is 2.99. The normalized spacial score (nSPS) is 17.1. The average Bonchev–Trinajstić information content (AvgIpc) is 3.08. The highest BCUT2D eigenvalue weighted by Crippen LogP contribution is 2.32. The van der Waals surface area contributed by atoms with Gasteiger partial charge in [0.25, 0.3) is 0 Å². The van der Waals surface area contributed by atoms with Gasteiger partial charge in [-0.15, -0.1) is 5.10 Å². The lowest BCUT2D eigenvalue weighted by Gasteiger charge is -2.30. The summed E-state index contributed by atoms with van der Waals surface area (Å²) < 4.78 is 10.7. The summed E-state index contributed by atoms with van der Waals surface area (Å²) in [6, 6.07) is 5.90. The van der Waals surface area contributed by atoms with Crippen LogP contribution in [0.15, 0.2) is 24.4 Å². The zero-order chi connectivity index (χ0) is 16.4. The van der Waals surface area contributed by atoms with Crippen molar-refractivity contribution in [1.82, 2.24) is 15.2 Å². The molecule has 2 aromatic rings. The van der Waals surface area contributed by atoms with E-state index in [2.05, 4.69) is 32.3 Å². The summed E-state index contributed by atoms with van der Waals surface area (Å²) in [5.74, 6) is 3.80. The Kier molecular flexibility index (Phi) is 4.06. The van der Waals surface area contributed by atoms with E-state index in [0.29, 0.717) is 12.5 Å². The Morgan fingerprint density at radius 3 is 2.92 bits per heavy atom. The van der Waals surface area contributed by atoms with E-state index in [1.165, 1.54) is 12.8 Å². The molecule has 0 unspecified atom stereocenters. The first kappa shape index (κ1) is 15.0. The van der Waals surface area contributed by atoms with Crippen LogP contribution in [0.2, 0.25) is 0 Å². The summed E-state index contributed by atoms with van der Waals surface area (Å²) in [6.45, 7) is 5.26. The van der Waals surface area contributed by atoms with Gasteiger partial charge >= 0.3 is 0 Å². The number of rotatable bonds is 4. The highest BCUT2D eigenvalue weighted by Gasteiger charge is 2.18. The Morgan fingerprint density at radius 2 is 2.04 bits per heavy atom. The highest BCUT2D eigenvalue weighted by atomic mass is 16.7. The van der Waals surface area contributed by atoms with E-state index in [4.69, 9.17) is 9.47 Å². The van der Waals surface area contributed by atoms with Gasteiger partial charge in [-0.2, -0.15) is 10.1 Å². The van der Waals surface area contributed by atoms with Crippen LogP contribution in [-0.2, 0) is 6.54 Å². The van der Waals surface area contributed by atoms with Crippen LogP contribution < -0.4 is 19.7 Å². The first-order chi connectivity index (χ1) is 11.8. The number of hydrogen-bond acceptors (Lipinski definition) is 7. The number of aromatic nitrogens is 3. The number of nitrogens with zero attached hydrogens (tertiary/aromatic N) is 4. The molecule has 0 aliphatic carbocycles. The van der Waals surface area contributed by atoms with Crippen LogP contribution in [0.25, 0.3) is 0 Å². The Balaban J connectivity index is 1.41. The average molecular weight is 327 g/mol. The number of nitrogens with one attached hydrogen (secondary N) is 1. The molecule has 1 fully saturated rings. The second kappa shape index (κ2) is 6.51. The molecule has 1 N–H and O–H groups in total. The zero-order valence-electron chi connectivity index (χ0n) is 13.7. The van der Waals surface area contributed by atoms with E-state index >= 15 is 0 Å². The maximum atomic E-state index is 5.40. The van der Waals surface area contributed by atoms with E-state index in [1.54, 1.807) is 6.20 Å². The number of benzene rings is 1. The fourth-order valence-electron chi connectivity index (χ4n) is 2.99. The SMILES string of the molecule is CC1CCN(c2cnnc(NCc3ccc4c(c3)OCO4)n2)CC1. The number of ether oxygens (including phenoxy) is 2. The monoisotopic (exact) mass is 327 g/mol. The number of piperidine rings is 1. The van der Waals surface area contributed by atoms with Gasteiger partial charge in [0.05, 0.1) is 6.20 Å². The third kappa shape index (κ3) is 3.20. The largest absolute Gasteiger partial charge is 0.454 e. The molecule has 0 bridgehead atoms. The van der Waals surface area contributed by atoms with E-state index in [0.717, 1.165) is 41.9 Å². The minimum Gasteiger partial charge on any atom is -0.454 e. The summed E-state index contributed by atoms with van der Waals surface area (Å²) in [5.41, 5.74) is 1.08. The zero-order valence-corrected chi connectivity index (χ0v) is 13.7. The van der Waals surface area contributed by atoms with Crippen LogP contribution in [0.3, 0.4) is 0 Å². The van der Waals surface area contributed by atoms with Gasteiger partial charge in [-0.05, 0) is 36.5 Å². The van der Waals surface area contributed by atoms with Crippen molar-refractivity contribution in [3.63, 3.8) is 0 Å². The lowest BCUT2D eigenvalue weighted by molar-refractivity contribution is 0.174. The van der Waals surface area contributed by atoms with Crippen molar-refractivity contribution in [2.24, 2.45) is 5.92 Å².